The van der Waals surface area contributed by atoms with Crippen LogP contribution in [-0.4, -0.2) is 26.7 Å². The van der Waals surface area contributed by atoms with E-state index >= 15 is 0 Å². The van der Waals surface area contributed by atoms with Gasteiger partial charge in [0.25, 0.3) is 5.91 Å². The number of anilines is 1. The molecule has 0 saturated carbocycles. The molecule has 0 aliphatic heterocycles. The number of rotatable bonds is 8. The zero-order valence-electron chi connectivity index (χ0n) is 15.7. The maximum atomic E-state index is 12.2. The van der Waals surface area contributed by atoms with Gasteiger partial charge in [-0.15, -0.1) is 0 Å². The van der Waals surface area contributed by atoms with Crippen molar-refractivity contribution in [2.45, 2.75) is 6.42 Å². The van der Waals surface area contributed by atoms with Gasteiger partial charge in [-0.3, -0.25) is 4.79 Å². The topological polar surface area (TPSA) is 107 Å². The Morgan fingerprint density at radius 2 is 1.86 bits per heavy atom. The van der Waals surface area contributed by atoms with Gasteiger partial charge in [-0.05, 0) is 36.2 Å². The zero-order chi connectivity index (χ0) is 20.4. The van der Waals surface area contributed by atoms with Crippen LogP contribution in [0.1, 0.15) is 11.1 Å². The molecule has 0 atom stereocenters. The molecular formula is C21H20N4O3. The smallest absolute Gasteiger partial charge is 0.263 e. The van der Waals surface area contributed by atoms with E-state index in [1.807, 2.05) is 24.3 Å². The average molecular weight is 376 g/mol. The van der Waals surface area contributed by atoms with E-state index in [-0.39, 0.29) is 5.57 Å². The van der Waals surface area contributed by atoms with E-state index in [4.69, 9.17) is 14.7 Å². The average Bonchev–Trinajstić information content (AvgIpc) is 2.74. The first-order chi connectivity index (χ1) is 13.6. The minimum atomic E-state index is -0.495. The van der Waals surface area contributed by atoms with E-state index in [9.17, 15) is 10.1 Å². The molecule has 2 N–H and O–H groups in total. The molecule has 142 valence electrons. The number of methoxy groups -OCH3 is 2. The van der Waals surface area contributed by atoms with Crippen LogP contribution in [0.3, 0.4) is 0 Å². The van der Waals surface area contributed by atoms with Gasteiger partial charge in [0.1, 0.15) is 17.7 Å². The number of nitriles is 2. The van der Waals surface area contributed by atoms with Crippen LogP contribution in [-0.2, 0) is 11.2 Å². The van der Waals surface area contributed by atoms with Crippen molar-refractivity contribution in [2.75, 3.05) is 26.1 Å². The maximum Gasteiger partial charge on any atom is 0.263 e. The number of amides is 1. The second-order valence-electron chi connectivity index (χ2n) is 5.67. The summed E-state index contributed by atoms with van der Waals surface area (Å²) >= 11 is 0. The van der Waals surface area contributed by atoms with Gasteiger partial charge in [0.05, 0.1) is 25.5 Å². The Bertz CT molecular complexity index is 955. The van der Waals surface area contributed by atoms with Gasteiger partial charge in [0.2, 0.25) is 0 Å². The SMILES string of the molecule is COc1ccc(CCNC(=O)/C(C#N)=C\Nc2ccccc2C#N)cc1OC. The molecule has 28 heavy (non-hydrogen) atoms. The molecule has 0 heterocycles. The Morgan fingerprint density at radius 3 is 2.54 bits per heavy atom. The number of carbonyl (C=O) groups excluding carboxylic acids is 1. The minimum absolute atomic E-state index is 0.0833. The summed E-state index contributed by atoms with van der Waals surface area (Å²) in [6.07, 6.45) is 1.86. The number of benzene rings is 2. The number of ether oxygens (including phenoxy) is 2. The summed E-state index contributed by atoms with van der Waals surface area (Å²) in [5, 5.41) is 23.8. The monoisotopic (exact) mass is 376 g/mol. The van der Waals surface area contributed by atoms with Gasteiger partial charge >= 0.3 is 0 Å². The summed E-state index contributed by atoms with van der Waals surface area (Å²) in [6, 6.07) is 16.3. The van der Waals surface area contributed by atoms with Crippen molar-refractivity contribution in [3.8, 4) is 23.6 Å². The molecule has 0 aliphatic carbocycles. The molecule has 0 aliphatic rings. The number of para-hydroxylation sites is 1. The van der Waals surface area contributed by atoms with Crippen molar-refractivity contribution in [2.24, 2.45) is 0 Å². The van der Waals surface area contributed by atoms with E-state index in [1.54, 1.807) is 44.6 Å². The van der Waals surface area contributed by atoms with Gasteiger partial charge < -0.3 is 20.1 Å². The van der Waals surface area contributed by atoms with Crippen LogP contribution in [0.4, 0.5) is 5.69 Å². The lowest BCUT2D eigenvalue weighted by atomic mass is 10.1. The highest BCUT2D eigenvalue weighted by Gasteiger charge is 2.10. The van der Waals surface area contributed by atoms with Gasteiger partial charge in [-0.2, -0.15) is 10.5 Å². The first kappa shape index (κ1) is 20.3. The van der Waals surface area contributed by atoms with E-state index < -0.39 is 5.91 Å². The van der Waals surface area contributed by atoms with E-state index in [1.165, 1.54) is 6.20 Å². The van der Waals surface area contributed by atoms with Crippen LogP contribution in [0, 0.1) is 22.7 Å². The second kappa shape index (κ2) is 10.2. The Kier molecular flexibility index (Phi) is 7.44. The summed E-state index contributed by atoms with van der Waals surface area (Å²) < 4.78 is 10.5. The highest BCUT2D eigenvalue weighted by Crippen LogP contribution is 2.27. The molecule has 0 spiro atoms. The molecule has 1 amide bonds. The van der Waals surface area contributed by atoms with Crippen LogP contribution in [0.15, 0.2) is 54.2 Å². The first-order valence-corrected chi connectivity index (χ1v) is 8.48. The zero-order valence-corrected chi connectivity index (χ0v) is 15.7. The van der Waals surface area contributed by atoms with Crippen molar-refractivity contribution < 1.29 is 14.3 Å². The third kappa shape index (κ3) is 5.26. The summed E-state index contributed by atoms with van der Waals surface area (Å²) in [7, 11) is 3.13. The molecule has 2 aromatic rings. The minimum Gasteiger partial charge on any atom is -0.493 e. The van der Waals surface area contributed by atoms with Crippen LogP contribution in [0.5, 0.6) is 11.5 Å². The first-order valence-electron chi connectivity index (χ1n) is 8.48. The Balaban J connectivity index is 1.95. The molecular weight excluding hydrogens is 356 g/mol. The van der Waals surface area contributed by atoms with E-state index in [0.717, 1.165) is 5.56 Å². The number of carbonyl (C=O) groups is 1. The summed E-state index contributed by atoms with van der Waals surface area (Å²) in [4.78, 5) is 12.2. The lowest BCUT2D eigenvalue weighted by Crippen LogP contribution is -2.27. The van der Waals surface area contributed by atoms with Gasteiger partial charge in [0.15, 0.2) is 11.5 Å². The largest absolute Gasteiger partial charge is 0.493 e. The Labute approximate surface area is 163 Å². The van der Waals surface area contributed by atoms with Crippen LogP contribution in [0.25, 0.3) is 0 Å². The quantitative estimate of drug-likeness (QED) is 0.542. The van der Waals surface area contributed by atoms with Crippen molar-refractivity contribution in [1.29, 1.82) is 10.5 Å². The van der Waals surface area contributed by atoms with Gasteiger partial charge in [-0.25, -0.2) is 0 Å². The molecule has 0 radical (unpaired) electrons. The standard InChI is InChI=1S/C21H20N4O3/c1-27-19-8-7-15(11-20(19)28-2)9-10-24-21(26)17(13-23)14-25-18-6-4-3-5-16(18)12-22/h3-8,11,14,25H,9-10H2,1-2H3,(H,24,26)/b17-14-. The van der Waals surface area contributed by atoms with Crippen LogP contribution >= 0.6 is 0 Å². The van der Waals surface area contributed by atoms with Crippen molar-refractivity contribution >= 4 is 11.6 Å². The summed E-state index contributed by atoms with van der Waals surface area (Å²) in [5.41, 5.74) is 1.82. The van der Waals surface area contributed by atoms with Gasteiger partial charge in [0, 0.05) is 12.7 Å². The van der Waals surface area contributed by atoms with Crippen molar-refractivity contribution in [1.82, 2.24) is 5.32 Å². The van der Waals surface area contributed by atoms with E-state index in [2.05, 4.69) is 10.6 Å². The van der Waals surface area contributed by atoms with E-state index in [0.29, 0.717) is 35.7 Å². The molecule has 0 aromatic heterocycles. The van der Waals surface area contributed by atoms with Crippen LogP contribution in [0.2, 0.25) is 0 Å². The normalized spacial score (nSPS) is 10.4. The molecule has 7 nitrogen and oxygen atoms in total. The maximum absolute atomic E-state index is 12.2. The number of hydrogen-bond donors (Lipinski definition) is 2. The Morgan fingerprint density at radius 1 is 1.11 bits per heavy atom. The highest BCUT2D eigenvalue weighted by molar-refractivity contribution is 5.97. The molecule has 0 bridgehead atoms. The Hall–Kier alpha value is -3.97. The fourth-order valence-electron chi connectivity index (χ4n) is 2.46. The molecule has 2 aromatic carbocycles. The predicted molar refractivity (Wildman–Crippen MR) is 105 cm³/mol. The molecule has 0 fully saturated rings. The highest BCUT2D eigenvalue weighted by atomic mass is 16.5. The predicted octanol–water partition coefficient (Wildman–Crippen LogP) is 2.75. The lowest BCUT2D eigenvalue weighted by Gasteiger charge is -2.10. The third-order valence-corrected chi connectivity index (χ3v) is 3.93. The summed E-state index contributed by atoms with van der Waals surface area (Å²) in [5.74, 6) is 0.753. The number of nitrogens with zero attached hydrogens (tertiary/aromatic N) is 2. The molecule has 2 rings (SSSR count). The molecule has 0 saturated heterocycles. The van der Waals surface area contributed by atoms with Crippen LogP contribution < -0.4 is 20.1 Å². The molecule has 0 unspecified atom stereocenters. The molecule has 7 heteroatoms. The fraction of sp³-hybridized carbons (Fsp3) is 0.190. The number of hydrogen-bond acceptors (Lipinski definition) is 6. The van der Waals surface area contributed by atoms with Crippen molar-refractivity contribution in [3.63, 3.8) is 0 Å². The third-order valence-electron chi connectivity index (χ3n) is 3.93. The number of nitrogens with one attached hydrogen (secondary N) is 2. The fourth-order valence-corrected chi connectivity index (χ4v) is 2.46. The van der Waals surface area contributed by atoms with Gasteiger partial charge in [-0.1, -0.05) is 18.2 Å². The second-order valence-corrected chi connectivity index (χ2v) is 5.67. The summed E-state index contributed by atoms with van der Waals surface area (Å²) in [6.45, 7) is 0.349. The van der Waals surface area contributed by atoms with Crippen molar-refractivity contribution in [3.05, 3.63) is 65.4 Å². The lowest BCUT2D eigenvalue weighted by molar-refractivity contribution is -0.117.